The van der Waals surface area contributed by atoms with E-state index in [-0.39, 0.29) is 11.8 Å². The fourth-order valence-electron chi connectivity index (χ4n) is 1.82. The summed E-state index contributed by atoms with van der Waals surface area (Å²) in [6, 6.07) is 8.49. The van der Waals surface area contributed by atoms with Crippen LogP contribution in [0, 0.1) is 0 Å². The summed E-state index contributed by atoms with van der Waals surface area (Å²) >= 11 is 1.84. The molecule has 0 aliphatic rings. The van der Waals surface area contributed by atoms with Crippen molar-refractivity contribution in [1.29, 1.82) is 0 Å². The highest BCUT2D eigenvalue weighted by Gasteiger charge is 2.21. The molecular formula is C15H22O2S. The molecule has 100 valence electrons. The number of carboxylic acids is 1. The maximum absolute atomic E-state index is 10.6. The summed E-state index contributed by atoms with van der Waals surface area (Å²) in [4.78, 5) is 11.9. The number of carboxylic acid groups (broad SMARTS) is 1. The number of hydrogen-bond donors (Lipinski definition) is 1. The first kappa shape index (κ1) is 15.1. The van der Waals surface area contributed by atoms with Crippen molar-refractivity contribution in [2.75, 3.05) is 0 Å². The lowest BCUT2D eigenvalue weighted by Gasteiger charge is -2.24. The van der Waals surface area contributed by atoms with Gasteiger partial charge >= 0.3 is 5.97 Å². The van der Waals surface area contributed by atoms with Crippen LogP contribution >= 0.6 is 11.8 Å². The van der Waals surface area contributed by atoms with Gasteiger partial charge in [-0.15, -0.1) is 11.8 Å². The van der Waals surface area contributed by atoms with E-state index in [4.69, 9.17) is 5.11 Å². The van der Waals surface area contributed by atoms with Crippen molar-refractivity contribution < 1.29 is 9.90 Å². The first-order valence-corrected chi connectivity index (χ1v) is 7.18. The Morgan fingerprint density at radius 3 is 2.28 bits per heavy atom. The van der Waals surface area contributed by atoms with Crippen LogP contribution in [0.15, 0.2) is 29.2 Å². The van der Waals surface area contributed by atoms with Gasteiger partial charge in [0, 0.05) is 16.6 Å². The van der Waals surface area contributed by atoms with E-state index in [0.29, 0.717) is 11.7 Å². The Kier molecular flexibility index (Phi) is 5.27. The number of carbonyl (C=O) groups is 1. The second-order valence-corrected chi connectivity index (χ2v) is 7.12. The fraction of sp³-hybridized carbons (Fsp3) is 0.533. The van der Waals surface area contributed by atoms with Gasteiger partial charge in [0.1, 0.15) is 0 Å². The van der Waals surface area contributed by atoms with Gasteiger partial charge in [0.2, 0.25) is 0 Å². The largest absolute Gasteiger partial charge is 0.481 e. The third-order valence-electron chi connectivity index (χ3n) is 2.97. The van der Waals surface area contributed by atoms with Crippen molar-refractivity contribution in [3.05, 3.63) is 29.8 Å². The summed E-state index contributed by atoms with van der Waals surface area (Å²) in [6.45, 7) is 8.55. The van der Waals surface area contributed by atoms with Crippen LogP contribution in [0.3, 0.4) is 0 Å². The van der Waals surface area contributed by atoms with Crippen LogP contribution in [-0.2, 0) is 10.2 Å². The zero-order chi connectivity index (χ0) is 13.8. The second-order valence-electron chi connectivity index (χ2n) is 5.47. The van der Waals surface area contributed by atoms with E-state index in [9.17, 15) is 4.79 Å². The lowest BCUT2D eigenvalue weighted by Crippen LogP contribution is -2.18. The van der Waals surface area contributed by atoms with Crippen LogP contribution < -0.4 is 0 Å². The summed E-state index contributed by atoms with van der Waals surface area (Å²) in [5, 5.41) is 9.34. The number of hydrogen-bond acceptors (Lipinski definition) is 2. The van der Waals surface area contributed by atoms with Crippen molar-refractivity contribution in [3.8, 4) is 0 Å². The molecule has 1 rings (SSSR count). The van der Waals surface area contributed by atoms with E-state index in [2.05, 4.69) is 52.0 Å². The van der Waals surface area contributed by atoms with Gasteiger partial charge in [0.05, 0.1) is 0 Å². The van der Waals surface area contributed by atoms with Gasteiger partial charge in [0.15, 0.2) is 0 Å². The van der Waals surface area contributed by atoms with E-state index in [1.165, 1.54) is 10.5 Å². The molecule has 0 aliphatic heterocycles. The molecule has 0 fully saturated rings. The van der Waals surface area contributed by atoms with E-state index >= 15 is 0 Å². The topological polar surface area (TPSA) is 37.3 Å². The summed E-state index contributed by atoms with van der Waals surface area (Å²) in [5.41, 5.74) is 1.12. The van der Waals surface area contributed by atoms with Crippen molar-refractivity contribution in [2.24, 2.45) is 0 Å². The van der Waals surface area contributed by atoms with E-state index in [1.807, 2.05) is 11.8 Å². The third kappa shape index (κ3) is 4.73. The highest BCUT2D eigenvalue weighted by molar-refractivity contribution is 7.99. The summed E-state index contributed by atoms with van der Waals surface area (Å²) < 4.78 is 0. The molecule has 0 atom stereocenters. The Labute approximate surface area is 114 Å². The molecule has 1 N–H and O–H groups in total. The summed E-state index contributed by atoms with van der Waals surface area (Å²) in [7, 11) is 0. The molecule has 3 heteroatoms. The van der Waals surface area contributed by atoms with Gasteiger partial charge in [-0.2, -0.15) is 0 Å². The van der Waals surface area contributed by atoms with Gasteiger partial charge in [0.25, 0.3) is 0 Å². The number of aliphatic carboxylic acids is 1. The lowest BCUT2D eigenvalue weighted by atomic mass is 9.80. The van der Waals surface area contributed by atoms with Gasteiger partial charge in [-0.3, -0.25) is 4.79 Å². The van der Waals surface area contributed by atoms with Crippen LogP contribution in [0.1, 0.15) is 46.1 Å². The van der Waals surface area contributed by atoms with Gasteiger partial charge in [-0.25, -0.2) is 0 Å². The first-order chi connectivity index (χ1) is 8.31. The molecule has 0 spiro atoms. The molecule has 0 saturated carbocycles. The van der Waals surface area contributed by atoms with Crippen LogP contribution in [0.25, 0.3) is 0 Å². The molecule has 0 unspecified atom stereocenters. The molecule has 1 aromatic carbocycles. The van der Waals surface area contributed by atoms with Gasteiger partial charge in [-0.05, 0) is 29.5 Å². The molecule has 0 radical (unpaired) electrons. The molecule has 18 heavy (non-hydrogen) atoms. The smallest absolute Gasteiger partial charge is 0.303 e. The lowest BCUT2D eigenvalue weighted by molar-refractivity contribution is -0.137. The van der Waals surface area contributed by atoms with Crippen molar-refractivity contribution in [3.63, 3.8) is 0 Å². The van der Waals surface area contributed by atoms with Crippen molar-refractivity contribution in [2.45, 2.75) is 56.1 Å². The zero-order valence-corrected chi connectivity index (χ0v) is 12.4. The normalized spacial score (nSPS) is 11.8. The average molecular weight is 266 g/mol. The SMILES string of the molecule is CC(C)Sc1ccc(C(C)(C)CCC(=O)O)cc1. The Morgan fingerprint density at radius 2 is 1.83 bits per heavy atom. The predicted molar refractivity (Wildman–Crippen MR) is 77.3 cm³/mol. The van der Waals surface area contributed by atoms with E-state index in [1.54, 1.807) is 0 Å². The molecule has 1 aromatic rings. The van der Waals surface area contributed by atoms with Gasteiger partial charge < -0.3 is 5.11 Å². The molecule has 0 aliphatic carbocycles. The monoisotopic (exact) mass is 266 g/mol. The van der Waals surface area contributed by atoms with E-state index < -0.39 is 5.97 Å². The van der Waals surface area contributed by atoms with Crippen LogP contribution in [0.2, 0.25) is 0 Å². The molecule has 0 bridgehead atoms. The number of rotatable bonds is 6. The third-order valence-corrected chi connectivity index (χ3v) is 3.99. The molecule has 0 saturated heterocycles. The second kappa shape index (κ2) is 6.28. The molecule has 2 nitrogen and oxygen atoms in total. The fourth-order valence-corrected chi connectivity index (χ4v) is 2.66. The Bertz CT molecular complexity index is 393. The van der Waals surface area contributed by atoms with Crippen LogP contribution in [-0.4, -0.2) is 16.3 Å². The van der Waals surface area contributed by atoms with Gasteiger partial charge in [-0.1, -0.05) is 39.8 Å². The summed E-state index contributed by atoms with van der Waals surface area (Å²) in [6.07, 6.45) is 0.883. The predicted octanol–water partition coefficient (Wildman–Crippen LogP) is 4.33. The Balaban J connectivity index is 2.73. The Hall–Kier alpha value is -0.960. The quantitative estimate of drug-likeness (QED) is 0.779. The van der Waals surface area contributed by atoms with E-state index in [0.717, 1.165) is 0 Å². The van der Waals surface area contributed by atoms with Crippen molar-refractivity contribution >= 4 is 17.7 Å². The van der Waals surface area contributed by atoms with Crippen LogP contribution in [0.5, 0.6) is 0 Å². The molecule has 0 amide bonds. The maximum atomic E-state index is 10.6. The average Bonchev–Trinajstić information content (AvgIpc) is 2.26. The first-order valence-electron chi connectivity index (χ1n) is 6.30. The molecule has 0 aromatic heterocycles. The minimum atomic E-state index is -0.727. The highest BCUT2D eigenvalue weighted by atomic mass is 32.2. The summed E-state index contributed by atoms with van der Waals surface area (Å²) in [5.74, 6) is -0.727. The minimum Gasteiger partial charge on any atom is -0.481 e. The molecule has 0 heterocycles. The Morgan fingerprint density at radius 1 is 1.28 bits per heavy atom. The minimum absolute atomic E-state index is 0.0839. The molecular weight excluding hydrogens is 244 g/mol. The number of benzene rings is 1. The van der Waals surface area contributed by atoms with Crippen LogP contribution in [0.4, 0.5) is 0 Å². The van der Waals surface area contributed by atoms with Crippen molar-refractivity contribution in [1.82, 2.24) is 0 Å². The zero-order valence-electron chi connectivity index (χ0n) is 11.6. The standard InChI is InChI=1S/C15H22O2S/c1-11(2)18-13-7-5-12(6-8-13)15(3,4)10-9-14(16)17/h5-8,11H,9-10H2,1-4H3,(H,16,17). The highest BCUT2D eigenvalue weighted by Crippen LogP contribution is 2.31. The number of thioether (sulfide) groups is 1. The maximum Gasteiger partial charge on any atom is 0.303 e.